The minimum absolute atomic E-state index is 0.559. The summed E-state index contributed by atoms with van der Waals surface area (Å²) in [5.41, 5.74) is 7.49. The minimum atomic E-state index is 0.559. The number of aromatic nitrogens is 2. The standard InChI is InChI=1S/C12H13ClN4/c13-10-3-1-9(2-4-10)5-6-16-12-11(14)7-15-8-17-12/h1-4,7-8H,5-6,14H2,(H,15,16,17). The SMILES string of the molecule is Nc1cncnc1NCCc1ccc(Cl)cc1. The van der Waals surface area contributed by atoms with Crippen molar-refractivity contribution in [2.75, 3.05) is 17.6 Å². The van der Waals surface area contributed by atoms with Crippen molar-refractivity contribution in [3.63, 3.8) is 0 Å². The fourth-order valence-electron chi connectivity index (χ4n) is 1.46. The van der Waals surface area contributed by atoms with Gasteiger partial charge in [-0.25, -0.2) is 9.97 Å². The van der Waals surface area contributed by atoms with E-state index in [4.69, 9.17) is 17.3 Å². The lowest BCUT2D eigenvalue weighted by molar-refractivity contribution is 1.00. The van der Waals surface area contributed by atoms with E-state index >= 15 is 0 Å². The summed E-state index contributed by atoms with van der Waals surface area (Å²) in [4.78, 5) is 7.89. The second-order valence-corrected chi connectivity index (χ2v) is 4.07. The first-order valence-corrected chi connectivity index (χ1v) is 5.67. The highest BCUT2D eigenvalue weighted by atomic mass is 35.5. The number of rotatable bonds is 4. The van der Waals surface area contributed by atoms with Crippen molar-refractivity contribution in [2.24, 2.45) is 0 Å². The summed E-state index contributed by atoms with van der Waals surface area (Å²) in [6.07, 6.45) is 3.94. The lowest BCUT2D eigenvalue weighted by Gasteiger charge is -2.07. The molecule has 2 aromatic rings. The van der Waals surface area contributed by atoms with Crippen molar-refractivity contribution >= 4 is 23.1 Å². The van der Waals surface area contributed by atoms with Gasteiger partial charge in [-0.2, -0.15) is 0 Å². The minimum Gasteiger partial charge on any atom is -0.394 e. The molecule has 5 heteroatoms. The number of benzene rings is 1. The van der Waals surface area contributed by atoms with E-state index in [1.165, 1.54) is 11.9 Å². The summed E-state index contributed by atoms with van der Waals surface area (Å²) in [6.45, 7) is 0.767. The van der Waals surface area contributed by atoms with Crippen molar-refractivity contribution in [1.29, 1.82) is 0 Å². The van der Waals surface area contributed by atoms with Gasteiger partial charge >= 0.3 is 0 Å². The zero-order valence-corrected chi connectivity index (χ0v) is 9.98. The van der Waals surface area contributed by atoms with Crippen LogP contribution in [0, 0.1) is 0 Å². The van der Waals surface area contributed by atoms with Gasteiger partial charge in [-0.05, 0) is 24.1 Å². The number of hydrogen-bond acceptors (Lipinski definition) is 4. The molecular formula is C12H13ClN4. The maximum atomic E-state index is 5.81. The Hall–Kier alpha value is -1.81. The Bertz CT molecular complexity index is 484. The molecule has 0 aliphatic rings. The molecule has 0 spiro atoms. The molecule has 1 aromatic heterocycles. The van der Waals surface area contributed by atoms with Crippen LogP contribution in [0.3, 0.4) is 0 Å². The zero-order chi connectivity index (χ0) is 12.1. The highest BCUT2D eigenvalue weighted by molar-refractivity contribution is 6.30. The lowest BCUT2D eigenvalue weighted by atomic mass is 10.1. The molecule has 1 aromatic carbocycles. The van der Waals surface area contributed by atoms with Crippen LogP contribution in [0.4, 0.5) is 11.5 Å². The number of halogens is 1. The van der Waals surface area contributed by atoms with E-state index in [0.29, 0.717) is 11.5 Å². The maximum absolute atomic E-state index is 5.81. The van der Waals surface area contributed by atoms with Gasteiger partial charge in [0.25, 0.3) is 0 Å². The third-order valence-corrected chi connectivity index (χ3v) is 2.61. The number of anilines is 2. The monoisotopic (exact) mass is 248 g/mol. The molecule has 0 saturated heterocycles. The van der Waals surface area contributed by atoms with E-state index in [9.17, 15) is 0 Å². The summed E-state index contributed by atoms with van der Waals surface area (Å²) in [5.74, 6) is 0.675. The second-order valence-electron chi connectivity index (χ2n) is 3.63. The third kappa shape index (κ3) is 3.32. The Morgan fingerprint density at radius 2 is 2.00 bits per heavy atom. The Morgan fingerprint density at radius 1 is 1.24 bits per heavy atom. The summed E-state index contributed by atoms with van der Waals surface area (Å²) >= 11 is 5.81. The van der Waals surface area contributed by atoms with Gasteiger partial charge in [-0.1, -0.05) is 23.7 Å². The van der Waals surface area contributed by atoms with Gasteiger partial charge in [0.05, 0.1) is 11.9 Å². The van der Waals surface area contributed by atoms with Crippen molar-refractivity contribution in [3.05, 3.63) is 47.4 Å². The van der Waals surface area contributed by atoms with Crippen LogP contribution in [0.25, 0.3) is 0 Å². The van der Waals surface area contributed by atoms with Gasteiger partial charge in [-0.15, -0.1) is 0 Å². The van der Waals surface area contributed by atoms with Crippen LogP contribution in [0.1, 0.15) is 5.56 Å². The van der Waals surface area contributed by atoms with Gasteiger partial charge in [0.2, 0.25) is 0 Å². The first-order valence-electron chi connectivity index (χ1n) is 5.29. The Kier molecular flexibility index (Phi) is 3.77. The Labute approximate surface area is 105 Å². The predicted octanol–water partition coefficient (Wildman–Crippen LogP) is 2.37. The number of hydrogen-bond donors (Lipinski definition) is 2. The van der Waals surface area contributed by atoms with Crippen LogP contribution in [0.15, 0.2) is 36.8 Å². The first-order chi connectivity index (χ1) is 8.25. The van der Waals surface area contributed by atoms with Crippen LogP contribution in [0.5, 0.6) is 0 Å². The van der Waals surface area contributed by atoms with Crippen LogP contribution in [-0.4, -0.2) is 16.5 Å². The highest BCUT2D eigenvalue weighted by Gasteiger charge is 1.99. The molecule has 3 N–H and O–H groups in total. The average Bonchev–Trinajstić information content (AvgIpc) is 2.34. The van der Waals surface area contributed by atoms with Crippen molar-refractivity contribution in [1.82, 2.24) is 9.97 Å². The fraction of sp³-hybridized carbons (Fsp3) is 0.167. The van der Waals surface area contributed by atoms with E-state index < -0.39 is 0 Å². The quantitative estimate of drug-likeness (QED) is 0.872. The molecule has 0 aliphatic heterocycles. The highest BCUT2D eigenvalue weighted by Crippen LogP contribution is 2.12. The van der Waals surface area contributed by atoms with Crippen molar-refractivity contribution in [3.8, 4) is 0 Å². The van der Waals surface area contributed by atoms with Crippen LogP contribution in [0.2, 0.25) is 5.02 Å². The fourth-order valence-corrected chi connectivity index (χ4v) is 1.59. The first kappa shape index (κ1) is 11.7. The third-order valence-electron chi connectivity index (χ3n) is 2.36. The second kappa shape index (κ2) is 5.50. The van der Waals surface area contributed by atoms with Gasteiger partial charge < -0.3 is 11.1 Å². The van der Waals surface area contributed by atoms with Crippen LogP contribution < -0.4 is 11.1 Å². The van der Waals surface area contributed by atoms with Crippen molar-refractivity contribution < 1.29 is 0 Å². The van der Waals surface area contributed by atoms with Gasteiger partial charge in [0.15, 0.2) is 5.82 Å². The molecule has 17 heavy (non-hydrogen) atoms. The molecule has 0 atom stereocenters. The lowest BCUT2D eigenvalue weighted by Crippen LogP contribution is -2.08. The number of nitrogens with zero attached hydrogens (tertiary/aromatic N) is 2. The number of nitrogen functional groups attached to an aromatic ring is 1. The zero-order valence-electron chi connectivity index (χ0n) is 9.23. The number of nitrogens with one attached hydrogen (secondary N) is 1. The smallest absolute Gasteiger partial charge is 0.152 e. The molecule has 4 nitrogen and oxygen atoms in total. The summed E-state index contributed by atoms with van der Waals surface area (Å²) in [6, 6.07) is 7.78. The molecule has 0 unspecified atom stereocenters. The van der Waals surface area contributed by atoms with E-state index in [1.54, 1.807) is 6.20 Å². The summed E-state index contributed by atoms with van der Waals surface area (Å²) in [5, 5.41) is 3.92. The van der Waals surface area contributed by atoms with E-state index in [1.807, 2.05) is 24.3 Å². The normalized spacial score (nSPS) is 10.2. The maximum Gasteiger partial charge on any atom is 0.152 e. The number of nitrogens with two attached hydrogens (primary N) is 1. The van der Waals surface area contributed by atoms with E-state index in [2.05, 4.69) is 15.3 Å². The molecule has 0 saturated carbocycles. The molecule has 0 radical (unpaired) electrons. The molecule has 1 heterocycles. The molecule has 0 bridgehead atoms. The van der Waals surface area contributed by atoms with Crippen molar-refractivity contribution in [2.45, 2.75) is 6.42 Å². The molecule has 0 aliphatic carbocycles. The molecule has 0 amide bonds. The van der Waals surface area contributed by atoms with Crippen LogP contribution >= 0.6 is 11.6 Å². The predicted molar refractivity (Wildman–Crippen MR) is 70.1 cm³/mol. The van der Waals surface area contributed by atoms with Gasteiger partial charge in [0.1, 0.15) is 6.33 Å². The molecule has 0 fully saturated rings. The summed E-state index contributed by atoms with van der Waals surface area (Å²) < 4.78 is 0. The van der Waals surface area contributed by atoms with Crippen LogP contribution in [-0.2, 0) is 6.42 Å². The average molecular weight is 249 g/mol. The Morgan fingerprint density at radius 3 is 2.71 bits per heavy atom. The molecule has 88 valence electrons. The van der Waals surface area contributed by atoms with E-state index in [0.717, 1.165) is 18.0 Å². The van der Waals surface area contributed by atoms with Gasteiger partial charge in [-0.3, -0.25) is 0 Å². The topological polar surface area (TPSA) is 63.8 Å². The largest absolute Gasteiger partial charge is 0.394 e. The molecule has 2 rings (SSSR count). The summed E-state index contributed by atoms with van der Waals surface area (Å²) in [7, 11) is 0. The van der Waals surface area contributed by atoms with E-state index in [-0.39, 0.29) is 0 Å². The van der Waals surface area contributed by atoms with Gasteiger partial charge in [0, 0.05) is 11.6 Å². The Balaban J connectivity index is 1.88. The molecular weight excluding hydrogens is 236 g/mol.